The molecule has 2 aromatic rings. The lowest BCUT2D eigenvalue weighted by Crippen LogP contribution is -2.32. The summed E-state index contributed by atoms with van der Waals surface area (Å²) in [5, 5.41) is 25.2. The Hall–Kier alpha value is -3.62. The van der Waals surface area contributed by atoms with Crippen LogP contribution in [0, 0.1) is 0 Å². The van der Waals surface area contributed by atoms with E-state index in [-0.39, 0.29) is 0 Å². The van der Waals surface area contributed by atoms with Gasteiger partial charge in [-0.1, -0.05) is 41.9 Å². The fraction of sp³-hybridized carbons (Fsp3) is 0.345. The van der Waals surface area contributed by atoms with Gasteiger partial charge < -0.3 is 20.2 Å². The van der Waals surface area contributed by atoms with Gasteiger partial charge in [-0.2, -0.15) is 0 Å². The number of benzene rings is 2. The Morgan fingerprint density at radius 3 is 2.11 bits per heavy atom. The normalized spacial score (nSPS) is 12.7. The van der Waals surface area contributed by atoms with E-state index in [0.29, 0.717) is 24.7 Å². The van der Waals surface area contributed by atoms with E-state index in [1.54, 1.807) is 6.08 Å². The fourth-order valence-corrected chi connectivity index (χ4v) is 4.37. The molecule has 0 fully saturated rings. The summed E-state index contributed by atoms with van der Waals surface area (Å²) in [6.07, 6.45) is 8.23. The molecular formula is C29H35ClN2O6. The molecule has 8 nitrogen and oxygen atoms in total. The monoisotopic (exact) mass is 542 g/mol. The number of fused-ring (bicyclic) bond motifs is 2. The van der Waals surface area contributed by atoms with Gasteiger partial charge in [0.25, 0.3) is 0 Å². The number of aliphatic carboxylic acids is 3. The Kier molecular flexibility index (Phi) is 12.6. The molecule has 0 aromatic heterocycles. The van der Waals surface area contributed by atoms with E-state index in [4.69, 9.17) is 26.9 Å². The Labute approximate surface area is 228 Å². The Balaban J connectivity index is 0.000000550. The SMILES string of the molecule is CC(C)N(C/C=C/C(=O)O)CCCCN1c2ccccc2CCc2ccc(Cl)cc21.O=C(O)/C=C\C(=O)O. The van der Waals surface area contributed by atoms with Crippen LogP contribution in [0.5, 0.6) is 0 Å². The molecule has 1 aliphatic rings. The third-order valence-electron chi connectivity index (χ3n) is 6.06. The minimum Gasteiger partial charge on any atom is -0.478 e. The number of carbonyl (C=O) groups is 3. The number of aryl methyl sites for hydroxylation is 2. The molecule has 1 heterocycles. The van der Waals surface area contributed by atoms with Gasteiger partial charge in [0.1, 0.15) is 0 Å². The highest BCUT2D eigenvalue weighted by Gasteiger charge is 2.20. The van der Waals surface area contributed by atoms with Gasteiger partial charge in [-0.3, -0.25) is 4.90 Å². The maximum atomic E-state index is 10.7. The first-order valence-corrected chi connectivity index (χ1v) is 12.9. The number of carboxylic acid groups (broad SMARTS) is 3. The van der Waals surface area contributed by atoms with Crippen molar-refractivity contribution in [3.05, 3.63) is 82.9 Å². The van der Waals surface area contributed by atoms with Crippen LogP contribution in [0.25, 0.3) is 0 Å². The van der Waals surface area contributed by atoms with Gasteiger partial charge >= 0.3 is 17.9 Å². The van der Waals surface area contributed by atoms with E-state index in [9.17, 15) is 14.4 Å². The molecule has 3 N–H and O–H groups in total. The molecule has 0 radical (unpaired) electrons. The van der Waals surface area contributed by atoms with Crippen LogP contribution in [0.15, 0.2) is 66.8 Å². The molecule has 0 aliphatic carbocycles. The number of rotatable bonds is 11. The number of para-hydroxylation sites is 1. The predicted octanol–water partition coefficient (Wildman–Crippen LogP) is 5.42. The minimum absolute atomic E-state index is 0.377. The molecule has 0 saturated carbocycles. The molecule has 0 bridgehead atoms. The van der Waals surface area contributed by atoms with Crippen molar-refractivity contribution in [3.63, 3.8) is 0 Å². The lowest BCUT2D eigenvalue weighted by molar-refractivity contribution is -0.134. The molecular weight excluding hydrogens is 508 g/mol. The van der Waals surface area contributed by atoms with Crippen molar-refractivity contribution >= 4 is 40.9 Å². The predicted molar refractivity (Wildman–Crippen MR) is 149 cm³/mol. The summed E-state index contributed by atoms with van der Waals surface area (Å²) in [5.41, 5.74) is 5.23. The van der Waals surface area contributed by atoms with Gasteiger partial charge in [0.05, 0.1) is 0 Å². The van der Waals surface area contributed by atoms with Crippen molar-refractivity contribution in [3.8, 4) is 0 Å². The molecule has 0 saturated heterocycles. The van der Waals surface area contributed by atoms with E-state index in [1.807, 2.05) is 6.07 Å². The fourth-order valence-electron chi connectivity index (χ4n) is 4.20. The van der Waals surface area contributed by atoms with Crippen LogP contribution >= 0.6 is 11.6 Å². The van der Waals surface area contributed by atoms with Crippen molar-refractivity contribution in [2.45, 2.75) is 45.6 Å². The number of unbranched alkanes of at least 4 members (excludes halogenated alkanes) is 1. The summed E-state index contributed by atoms with van der Waals surface area (Å²) >= 11 is 6.35. The summed E-state index contributed by atoms with van der Waals surface area (Å²) in [6, 6.07) is 15.3. The summed E-state index contributed by atoms with van der Waals surface area (Å²) < 4.78 is 0. The molecule has 0 amide bonds. The zero-order valence-electron chi connectivity index (χ0n) is 21.7. The van der Waals surface area contributed by atoms with E-state index >= 15 is 0 Å². The number of hydrogen-bond acceptors (Lipinski definition) is 5. The van der Waals surface area contributed by atoms with Crippen molar-refractivity contribution < 1.29 is 29.7 Å². The molecule has 0 spiro atoms. The van der Waals surface area contributed by atoms with Crippen LogP contribution in [0.4, 0.5) is 11.4 Å². The number of hydrogen-bond donors (Lipinski definition) is 3. The first-order valence-electron chi connectivity index (χ1n) is 12.5. The quantitative estimate of drug-likeness (QED) is 0.254. The van der Waals surface area contributed by atoms with Crippen LogP contribution < -0.4 is 4.90 Å². The second-order valence-corrected chi connectivity index (χ2v) is 9.54. The molecule has 204 valence electrons. The maximum absolute atomic E-state index is 10.7. The molecule has 0 atom stereocenters. The average molecular weight is 543 g/mol. The number of carboxylic acids is 3. The molecule has 3 rings (SSSR count). The molecule has 38 heavy (non-hydrogen) atoms. The topological polar surface area (TPSA) is 118 Å². The van der Waals surface area contributed by atoms with Crippen molar-refractivity contribution in [2.75, 3.05) is 24.5 Å². The van der Waals surface area contributed by atoms with Crippen molar-refractivity contribution in [2.24, 2.45) is 0 Å². The second-order valence-electron chi connectivity index (χ2n) is 9.10. The smallest absolute Gasteiger partial charge is 0.328 e. The lowest BCUT2D eigenvalue weighted by Gasteiger charge is -2.28. The van der Waals surface area contributed by atoms with Crippen LogP contribution in [0.2, 0.25) is 5.02 Å². The Morgan fingerprint density at radius 2 is 1.50 bits per heavy atom. The highest BCUT2D eigenvalue weighted by Crippen LogP contribution is 2.37. The van der Waals surface area contributed by atoms with Crippen LogP contribution in [-0.2, 0) is 27.2 Å². The van der Waals surface area contributed by atoms with Gasteiger partial charge in [-0.15, -0.1) is 0 Å². The number of halogens is 1. The summed E-state index contributed by atoms with van der Waals surface area (Å²) in [6.45, 7) is 6.84. The van der Waals surface area contributed by atoms with Crippen LogP contribution in [0.1, 0.15) is 37.8 Å². The van der Waals surface area contributed by atoms with Gasteiger partial charge in [0, 0.05) is 53.8 Å². The van der Waals surface area contributed by atoms with Crippen LogP contribution in [0.3, 0.4) is 0 Å². The highest BCUT2D eigenvalue weighted by molar-refractivity contribution is 6.30. The maximum Gasteiger partial charge on any atom is 0.328 e. The van der Waals surface area contributed by atoms with Gasteiger partial charge in [-0.25, -0.2) is 14.4 Å². The van der Waals surface area contributed by atoms with Gasteiger partial charge in [0.2, 0.25) is 0 Å². The van der Waals surface area contributed by atoms with Crippen LogP contribution in [-0.4, -0.2) is 63.8 Å². The van der Waals surface area contributed by atoms with Gasteiger partial charge in [-0.05, 0) is 75.4 Å². The second kappa shape index (κ2) is 15.6. The zero-order chi connectivity index (χ0) is 28.1. The number of nitrogens with zero attached hydrogens (tertiary/aromatic N) is 2. The Morgan fingerprint density at radius 1 is 0.895 bits per heavy atom. The van der Waals surface area contributed by atoms with E-state index in [0.717, 1.165) is 43.8 Å². The molecule has 1 aliphatic heterocycles. The van der Waals surface area contributed by atoms with E-state index in [2.05, 4.69) is 60.0 Å². The third kappa shape index (κ3) is 10.4. The van der Waals surface area contributed by atoms with Crippen molar-refractivity contribution in [1.29, 1.82) is 0 Å². The largest absolute Gasteiger partial charge is 0.478 e. The minimum atomic E-state index is -1.26. The summed E-state index contributed by atoms with van der Waals surface area (Å²) in [7, 11) is 0. The number of anilines is 2. The summed E-state index contributed by atoms with van der Waals surface area (Å²) in [5.74, 6) is -3.41. The third-order valence-corrected chi connectivity index (χ3v) is 6.30. The standard InChI is InChI=1S/C25H31ClN2O2.C4H4O4/c1-19(2)27(16-7-10-25(29)30)15-5-6-17-28-23-9-4-3-8-20(23)11-12-21-13-14-22(26)18-24(21)28;5-3(6)1-2-4(7)8/h3-4,7-10,13-14,18-19H,5-6,11-12,15-17H2,1-2H3,(H,29,30);1-2H,(H,5,6)(H,7,8)/b10-7+;2-1-. The first-order chi connectivity index (χ1) is 18.1. The van der Waals surface area contributed by atoms with E-state index in [1.165, 1.54) is 28.6 Å². The summed E-state index contributed by atoms with van der Waals surface area (Å²) in [4.78, 5) is 34.6. The Bertz CT molecular complexity index is 1150. The highest BCUT2D eigenvalue weighted by atomic mass is 35.5. The lowest BCUT2D eigenvalue weighted by atomic mass is 10.0. The van der Waals surface area contributed by atoms with Crippen molar-refractivity contribution in [1.82, 2.24) is 4.90 Å². The molecule has 0 unspecified atom stereocenters. The average Bonchev–Trinajstić information content (AvgIpc) is 3.01. The van der Waals surface area contributed by atoms with E-state index < -0.39 is 17.9 Å². The molecule has 9 heteroatoms. The van der Waals surface area contributed by atoms with Gasteiger partial charge in [0.15, 0.2) is 0 Å². The zero-order valence-corrected chi connectivity index (χ0v) is 22.5. The molecule has 2 aromatic carbocycles. The first kappa shape index (κ1) is 30.6.